The number of esters is 1. The molecule has 2 saturated carbocycles. The molecule has 0 spiro atoms. The van der Waals surface area contributed by atoms with Crippen molar-refractivity contribution in [3.8, 4) is 0 Å². The van der Waals surface area contributed by atoms with E-state index in [1.54, 1.807) is 53.7 Å². The van der Waals surface area contributed by atoms with Crippen LogP contribution in [-0.4, -0.2) is 113 Å². The van der Waals surface area contributed by atoms with Gasteiger partial charge in [0.25, 0.3) is 5.91 Å². The Morgan fingerprint density at radius 2 is 1.69 bits per heavy atom. The lowest BCUT2D eigenvalue weighted by molar-refractivity contribution is -0.155. The van der Waals surface area contributed by atoms with Gasteiger partial charge in [-0.1, -0.05) is 37.1 Å². The van der Waals surface area contributed by atoms with Crippen molar-refractivity contribution in [3.63, 3.8) is 0 Å². The number of halogens is 1. The van der Waals surface area contributed by atoms with Crippen LogP contribution in [-0.2, 0) is 61.3 Å². The highest BCUT2D eigenvalue weighted by molar-refractivity contribution is 7.91. The summed E-state index contributed by atoms with van der Waals surface area (Å²) in [7, 11) is -3.99. The second-order valence-electron chi connectivity index (χ2n) is 19.4. The number of hydrogen-bond acceptors (Lipinski definition) is 12. The van der Waals surface area contributed by atoms with Crippen LogP contribution < -0.4 is 20.7 Å². The van der Waals surface area contributed by atoms with Crippen molar-refractivity contribution >= 4 is 51.8 Å². The minimum absolute atomic E-state index is 0.0586. The van der Waals surface area contributed by atoms with Gasteiger partial charge in [0.1, 0.15) is 46.8 Å². The maximum atomic E-state index is 14.8. The lowest BCUT2D eigenvalue weighted by Gasteiger charge is -2.31. The minimum Gasteiger partial charge on any atom is -0.460 e. The van der Waals surface area contributed by atoms with Gasteiger partial charge in [0.2, 0.25) is 27.7 Å². The molecule has 1 aromatic carbocycles. The Balaban J connectivity index is 1.27. The van der Waals surface area contributed by atoms with E-state index < -0.39 is 110 Å². The van der Waals surface area contributed by atoms with E-state index in [1.165, 1.54) is 21.9 Å². The monoisotopic (exact) mass is 916 g/mol. The number of hydrogen-bond donors (Lipinski definition) is 4. The van der Waals surface area contributed by atoms with Crippen molar-refractivity contribution in [2.45, 2.75) is 171 Å². The molecule has 1 aromatic rings. The lowest BCUT2D eigenvalue weighted by Crippen LogP contribution is -2.59. The van der Waals surface area contributed by atoms with Crippen molar-refractivity contribution < 1.29 is 60.6 Å². The molecule has 18 nitrogen and oxygen atoms in total. The Kier molecular flexibility index (Phi) is 14.4. The quantitative estimate of drug-likeness (QED) is 0.149. The van der Waals surface area contributed by atoms with Gasteiger partial charge in [-0.3, -0.25) is 33.6 Å². The van der Waals surface area contributed by atoms with Gasteiger partial charge in [-0.25, -0.2) is 22.4 Å². The van der Waals surface area contributed by atoms with E-state index in [-0.39, 0.29) is 51.7 Å². The smallest absolute Gasteiger partial charge is 0.410 e. The number of ether oxygens (including phenoxy) is 3. The summed E-state index contributed by atoms with van der Waals surface area (Å²) in [5, 5.41) is 7.32. The highest BCUT2D eigenvalue weighted by Gasteiger charge is 2.62. The van der Waals surface area contributed by atoms with Crippen molar-refractivity contribution in [2.75, 3.05) is 6.54 Å². The van der Waals surface area contributed by atoms with Crippen LogP contribution in [0.5, 0.6) is 0 Å². The fourth-order valence-electron chi connectivity index (χ4n) is 8.22. The Morgan fingerprint density at radius 1 is 0.969 bits per heavy atom. The number of fused-ring (bicyclic) bond motifs is 3. The number of sulfonamides is 1. The molecule has 352 valence electrons. The van der Waals surface area contributed by atoms with Gasteiger partial charge in [0, 0.05) is 30.9 Å². The Morgan fingerprint density at radius 3 is 2.36 bits per heavy atom. The highest BCUT2D eigenvalue weighted by atomic mass is 32.2. The van der Waals surface area contributed by atoms with E-state index in [2.05, 4.69) is 20.7 Å². The summed E-state index contributed by atoms with van der Waals surface area (Å²) in [5.74, 6) is -4.88. The fourth-order valence-corrected chi connectivity index (χ4v) is 9.58. The summed E-state index contributed by atoms with van der Waals surface area (Å²) >= 11 is 0. The summed E-state index contributed by atoms with van der Waals surface area (Å²) in [6.07, 6.45) is 3.40. The van der Waals surface area contributed by atoms with Crippen LogP contribution >= 0.6 is 0 Å². The zero-order valence-electron chi connectivity index (χ0n) is 37.3. The minimum atomic E-state index is -3.99. The van der Waals surface area contributed by atoms with Gasteiger partial charge < -0.3 is 35.1 Å². The average Bonchev–Trinajstić information content (AvgIpc) is 4.07. The summed E-state index contributed by atoms with van der Waals surface area (Å²) in [6, 6.07) is 0.517. The molecule has 3 heterocycles. The Labute approximate surface area is 373 Å². The first-order valence-corrected chi connectivity index (χ1v) is 23.6. The summed E-state index contributed by atoms with van der Waals surface area (Å²) < 4.78 is 59.2. The summed E-state index contributed by atoms with van der Waals surface area (Å²) in [5.41, 5.74) is -2.45. The van der Waals surface area contributed by atoms with Crippen molar-refractivity contribution in [1.29, 1.82) is 0 Å². The number of rotatable bonds is 10. The van der Waals surface area contributed by atoms with Gasteiger partial charge in [0.15, 0.2) is 0 Å². The van der Waals surface area contributed by atoms with Gasteiger partial charge in [-0.05, 0) is 98.1 Å². The Bertz CT molecular complexity index is 2150. The van der Waals surface area contributed by atoms with Crippen LogP contribution in [0.1, 0.15) is 123 Å². The van der Waals surface area contributed by atoms with Crippen molar-refractivity contribution in [3.05, 3.63) is 47.3 Å². The molecule has 4 N–H and O–H groups in total. The molecular weight excluding hydrogens is 856 g/mol. The molecule has 64 heavy (non-hydrogen) atoms. The molecule has 0 radical (unpaired) electrons. The molecule has 5 aliphatic rings. The van der Waals surface area contributed by atoms with E-state index in [9.17, 15) is 46.4 Å². The summed E-state index contributed by atoms with van der Waals surface area (Å²) in [6.45, 7) is 9.68. The number of carbonyl (C=O) groups excluding carboxylic acids is 7. The maximum Gasteiger partial charge on any atom is 0.410 e. The molecule has 20 heteroatoms. The van der Waals surface area contributed by atoms with Gasteiger partial charge >= 0.3 is 18.2 Å². The van der Waals surface area contributed by atoms with E-state index in [0.717, 1.165) is 0 Å². The first-order chi connectivity index (χ1) is 29.9. The van der Waals surface area contributed by atoms with Crippen LogP contribution in [0.25, 0.3) is 0 Å². The standard InChI is InChI=1S/C44H61FN6O12S/c1-42(2,3)62-35(52)20-19-32(47-40(57)63-43(4,5)6)36(53)46-33-16-11-9-7-8-10-14-27-22-44(27,39(56)49-64(59,60)29-17-18-29)48-37(54)34-21-28(24-51(34)38(33)55)61-41(58)50-23-26-13-12-15-31(45)30(26)25-50/h10,12-15,27-29,32-34H,7-9,11,16-25H2,1-6H3,(H,46,53)(H,47,57)(H,48,54)(H,49,56)/b14-10-/t27?,28-,32-,33+,34?,44?/m1/s1. The zero-order chi connectivity index (χ0) is 46.8. The summed E-state index contributed by atoms with van der Waals surface area (Å²) in [4.78, 5) is 99.0. The second-order valence-corrected chi connectivity index (χ2v) is 21.3. The number of amides is 6. The molecule has 3 unspecified atom stereocenters. The molecule has 0 bridgehead atoms. The van der Waals surface area contributed by atoms with Crippen LogP contribution in [0.2, 0.25) is 0 Å². The largest absolute Gasteiger partial charge is 0.460 e. The van der Waals surface area contributed by atoms with Crippen LogP contribution in [0.3, 0.4) is 0 Å². The third-order valence-electron chi connectivity index (χ3n) is 11.7. The van der Waals surface area contributed by atoms with Gasteiger partial charge in [-0.2, -0.15) is 0 Å². The van der Waals surface area contributed by atoms with E-state index in [0.29, 0.717) is 49.7 Å². The van der Waals surface area contributed by atoms with Gasteiger partial charge in [-0.15, -0.1) is 0 Å². The van der Waals surface area contributed by atoms with E-state index in [1.807, 2.05) is 6.08 Å². The van der Waals surface area contributed by atoms with E-state index in [4.69, 9.17) is 14.2 Å². The number of benzene rings is 1. The topological polar surface area (TPSA) is 236 Å². The second kappa shape index (κ2) is 19.1. The molecule has 1 saturated heterocycles. The van der Waals surface area contributed by atoms with Crippen LogP contribution in [0, 0.1) is 11.7 Å². The molecular formula is C44H61FN6O12S. The molecule has 3 aliphatic heterocycles. The number of allylic oxidation sites excluding steroid dienone is 1. The molecule has 6 rings (SSSR count). The van der Waals surface area contributed by atoms with Crippen LogP contribution in [0.4, 0.5) is 14.0 Å². The zero-order valence-corrected chi connectivity index (χ0v) is 38.1. The van der Waals surface area contributed by atoms with Crippen molar-refractivity contribution in [1.82, 2.24) is 30.5 Å². The van der Waals surface area contributed by atoms with Gasteiger partial charge in [0.05, 0.1) is 18.3 Å². The third-order valence-corrected chi connectivity index (χ3v) is 13.5. The predicted molar refractivity (Wildman–Crippen MR) is 227 cm³/mol. The number of nitrogens with one attached hydrogen (secondary N) is 4. The molecule has 3 fully saturated rings. The first kappa shape index (κ1) is 48.2. The maximum absolute atomic E-state index is 14.8. The third kappa shape index (κ3) is 12.3. The number of alkyl carbamates (subject to hydrolysis) is 1. The van der Waals surface area contributed by atoms with Crippen LogP contribution in [0.15, 0.2) is 30.4 Å². The number of nitrogens with zero attached hydrogens (tertiary/aromatic N) is 2. The molecule has 2 aliphatic carbocycles. The van der Waals surface area contributed by atoms with Crippen molar-refractivity contribution in [2.24, 2.45) is 5.92 Å². The average molecular weight is 917 g/mol. The normalized spacial score (nSPS) is 26.0. The lowest BCUT2D eigenvalue weighted by atomic mass is 10.0. The molecule has 6 atom stereocenters. The van der Waals surface area contributed by atoms with E-state index >= 15 is 0 Å². The first-order valence-electron chi connectivity index (χ1n) is 22.0. The highest BCUT2D eigenvalue weighted by Crippen LogP contribution is 2.46. The SMILES string of the molecule is CC(C)(C)OC(=O)CC[C@@H](NC(=O)OC(C)(C)C)C(=O)N[C@H]1CCCCC/C=C\C2CC2(C(=O)NS(=O)(=O)C2CC2)NC(=O)C2C[C@@H](OC(=O)N3Cc4cccc(F)c4C3)CN2C1=O. The predicted octanol–water partition coefficient (Wildman–Crippen LogP) is 3.75. The Hall–Kier alpha value is -5.27. The number of carbonyl (C=O) groups is 7. The molecule has 6 amide bonds. The molecule has 0 aromatic heterocycles. The fraction of sp³-hybridized carbons (Fsp3) is 0.659.